The van der Waals surface area contributed by atoms with E-state index in [1.54, 1.807) is 11.8 Å². The molecule has 1 saturated heterocycles. The maximum absolute atomic E-state index is 14.6. The average Bonchev–Trinajstić information content (AvgIpc) is 3.73. The topological polar surface area (TPSA) is 160 Å². The molecule has 3 fully saturated rings. The molecule has 3 aromatic rings. The Bertz CT molecular complexity index is 1930. The Kier molecular flexibility index (Phi) is 9.45. The van der Waals surface area contributed by atoms with Crippen molar-refractivity contribution in [1.82, 2.24) is 24.9 Å². The molecule has 0 spiro atoms. The van der Waals surface area contributed by atoms with Crippen LogP contribution in [-0.2, 0) is 29.8 Å². The molecule has 2 saturated carbocycles. The molecular weight excluding hydrogens is 709 g/mol. The number of nitrogens with zero attached hydrogens (tertiary/aromatic N) is 3. The van der Waals surface area contributed by atoms with E-state index < -0.39 is 50.3 Å². The van der Waals surface area contributed by atoms with E-state index in [1.165, 1.54) is 22.7 Å². The first kappa shape index (κ1) is 35.8. The Hall–Kier alpha value is -3.56. The number of rotatable bonds is 7. The third-order valence-electron chi connectivity index (χ3n) is 10.6. The highest BCUT2D eigenvalue weighted by Gasteiger charge is 2.63. The van der Waals surface area contributed by atoms with Gasteiger partial charge in [-0.15, -0.1) is 11.3 Å². The van der Waals surface area contributed by atoms with Crippen molar-refractivity contribution in [2.24, 2.45) is 5.92 Å². The van der Waals surface area contributed by atoms with E-state index in [0.717, 1.165) is 41.6 Å². The zero-order chi connectivity index (χ0) is 36.2. The van der Waals surface area contributed by atoms with Gasteiger partial charge in [-0.2, -0.15) is 0 Å². The Labute approximate surface area is 306 Å². The molecule has 2 aliphatic carbocycles. The summed E-state index contributed by atoms with van der Waals surface area (Å²) in [5.74, 6) is -1.87. The van der Waals surface area contributed by atoms with E-state index in [-0.39, 0.29) is 36.6 Å². The van der Waals surface area contributed by atoms with Crippen LogP contribution in [0.25, 0.3) is 10.2 Å². The predicted octanol–water partition coefficient (Wildman–Crippen LogP) is 5.27. The van der Waals surface area contributed by atoms with E-state index in [9.17, 15) is 22.8 Å². The maximum atomic E-state index is 14.6. The van der Waals surface area contributed by atoms with Crippen LogP contribution in [0.1, 0.15) is 91.2 Å². The van der Waals surface area contributed by atoms with Gasteiger partial charge in [0, 0.05) is 23.1 Å². The van der Waals surface area contributed by atoms with Crippen molar-refractivity contribution >= 4 is 65.8 Å². The number of carbonyl (C=O) groups is 3. The lowest BCUT2D eigenvalue weighted by atomic mass is 9.93. The summed E-state index contributed by atoms with van der Waals surface area (Å²) < 4.78 is 34.8. The SMILES string of the molecule is CC(C)(C)c1csc(N[C@H]2CCCCCC=C[C@@H]3C[C@@]3(C(=O)NS(=O)(=O)C3(C)CC3)NC(=O)[C@@H]3C[C@@H](Oc4nc5ccccc5s4)CN3C2=O)n1. The molecule has 4 heterocycles. The number of sulfonamides is 1. The van der Waals surface area contributed by atoms with E-state index in [0.29, 0.717) is 29.6 Å². The maximum Gasteiger partial charge on any atom is 0.274 e. The lowest BCUT2D eigenvalue weighted by Crippen LogP contribution is -2.58. The first-order valence-electron chi connectivity index (χ1n) is 17.8. The number of aromatic nitrogens is 2. The van der Waals surface area contributed by atoms with Crippen molar-refractivity contribution < 1.29 is 27.5 Å². The molecule has 0 unspecified atom stereocenters. The number of carbonyl (C=O) groups excluding carboxylic acids is 3. The normalized spacial score (nSPS) is 28.2. The fourth-order valence-corrected chi connectivity index (χ4v) is 10.0. The molecule has 5 atom stereocenters. The number of hydrogen-bond donors (Lipinski definition) is 3. The van der Waals surface area contributed by atoms with Gasteiger partial charge < -0.3 is 20.3 Å². The van der Waals surface area contributed by atoms with Gasteiger partial charge in [0.2, 0.25) is 21.8 Å². The largest absolute Gasteiger partial charge is 0.465 e. The molecule has 2 aliphatic heterocycles. The third-order valence-corrected chi connectivity index (χ3v) is 14.4. The van der Waals surface area contributed by atoms with Gasteiger partial charge in [0.05, 0.1) is 27.2 Å². The van der Waals surface area contributed by atoms with E-state index in [2.05, 4.69) is 41.1 Å². The Morgan fingerprint density at radius 2 is 1.90 bits per heavy atom. The predicted molar refractivity (Wildman–Crippen MR) is 198 cm³/mol. The second-order valence-electron chi connectivity index (χ2n) is 15.6. The first-order chi connectivity index (χ1) is 24.2. The number of fused-ring (bicyclic) bond motifs is 3. The van der Waals surface area contributed by atoms with Gasteiger partial charge in [0.25, 0.3) is 11.1 Å². The number of para-hydroxylation sites is 1. The second-order valence-corrected chi connectivity index (χ2v) is 19.7. The minimum atomic E-state index is -3.93. The summed E-state index contributed by atoms with van der Waals surface area (Å²) >= 11 is 2.85. The molecule has 15 heteroatoms. The highest BCUT2D eigenvalue weighted by Crippen LogP contribution is 2.47. The van der Waals surface area contributed by atoms with Crippen molar-refractivity contribution in [3.8, 4) is 5.19 Å². The molecule has 274 valence electrons. The molecule has 3 N–H and O–H groups in total. The summed E-state index contributed by atoms with van der Waals surface area (Å²) in [6.45, 7) is 8.04. The second kappa shape index (κ2) is 13.4. The van der Waals surface area contributed by atoms with Gasteiger partial charge in [-0.3, -0.25) is 19.1 Å². The van der Waals surface area contributed by atoms with Crippen LogP contribution >= 0.6 is 22.7 Å². The van der Waals surface area contributed by atoms with Crippen molar-refractivity contribution in [2.45, 2.75) is 119 Å². The van der Waals surface area contributed by atoms with Gasteiger partial charge in [0.1, 0.15) is 23.7 Å². The molecule has 51 heavy (non-hydrogen) atoms. The van der Waals surface area contributed by atoms with E-state index in [1.807, 2.05) is 41.8 Å². The van der Waals surface area contributed by atoms with Crippen LogP contribution in [-0.4, -0.2) is 76.0 Å². The molecule has 7 rings (SSSR count). The molecule has 0 radical (unpaired) electrons. The molecule has 0 bridgehead atoms. The number of hydrogen-bond acceptors (Lipinski definition) is 11. The number of benzene rings is 1. The van der Waals surface area contributed by atoms with Crippen molar-refractivity contribution in [3.63, 3.8) is 0 Å². The molecule has 12 nitrogen and oxygen atoms in total. The first-order valence-corrected chi connectivity index (χ1v) is 21.0. The zero-order valence-corrected chi connectivity index (χ0v) is 31.9. The lowest BCUT2D eigenvalue weighted by molar-refractivity contribution is -0.140. The van der Waals surface area contributed by atoms with Gasteiger partial charge >= 0.3 is 0 Å². The highest BCUT2D eigenvalue weighted by molar-refractivity contribution is 7.91. The summed E-state index contributed by atoms with van der Waals surface area (Å²) in [6.07, 6.45) is 8.67. The molecular formula is C36H46N6O6S3. The summed E-state index contributed by atoms with van der Waals surface area (Å²) in [7, 11) is -3.93. The Morgan fingerprint density at radius 1 is 1.12 bits per heavy atom. The van der Waals surface area contributed by atoms with Crippen LogP contribution in [0.5, 0.6) is 5.19 Å². The monoisotopic (exact) mass is 754 g/mol. The van der Waals surface area contributed by atoms with Crippen LogP contribution in [0.2, 0.25) is 0 Å². The smallest absolute Gasteiger partial charge is 0.274 e. The third kappa shape index (κ3) is 7.39. The standard InChI is InChI=1S/C36H46N6O6S3/c1-34(2,3)28-21-49-32(39-28)37-25-14-9-7-5-6-8-12-22-19-36(22,31(45)41-51(46,47)35(4)16-17-35)40-29(43)26-18-23(20-42(26)30(25)44)48-33-38-24-13-10-11-15-27(24)50-33/h8,10-13,15,21-23,25-26H,5-7,9,14,16-20H2,1-4H3,(H,37,39)(H,40,43)(H,41,45)/t22-,23-,25+,26+,36-/m1/s1. The Balaban J connectivity index is 1.18. The summed E-state index contributed by atoms with van der Waals surface area (Å²) in [5, 5.41) is 9.45. The summed E-state index contributed by atoms with van der Waals surface area (Å²) in [5.41, 5.74) is 0.137. The molecule has 2 aromatic heterocycles. The van der Waals surface area contributed by atoms with Crippen LogP contribution < -0.4 is 20.1 Å². The van der Waals surface area contributed by atoms with E-state index in [4.69, 9.17) is 9.72 Å². The summed E-state index contributed by atoms with van der Waals surface area (Å²) in [4.78, 5) is 53.7. The van der Waals surface area contributed by atoms with Crippen molar-refractivity contribution in [2.75, 3.05) is 11.9 Å². The number of amides is 3. The Morgan fingerprint density at radius 3 is 2.63 bits per heavy atom. The van der Waals surface area contributed by atoms with Crippen LogP contribution in [0.15, 0.2) is 41.8 Å². The van der Waals surface area contributed by atoms with Gasteiger partial charge in [-0.05, 0) is 57.6 Å². The van der Waals surface area contributed by atoms with Crippen LogP contribution in [0, 0.1) is 5.92 Å². The molecule has 1 aromatic carbocycles. The minimum Gasteiger partial charge on any atom is -0.465 e. The average molecular weight is 755 g/mol. The number of nitrogens with one attached hydrogen (secondary N) is 3. The van der Waals surface area contributed by atoms with Gasteiger partial charge in [-0.1, -0.05) is 69.2 Å². The fraction of sp³-hybridized carbons (Fsp3) is 0.583. The van der Waals surface area contributed by atoms with Crippen molar-refractivity contribution in [3.05, 3.63) is 47.5 Å². The summed E-state index contributed by atoms with van der Waals surface area (Å²) in [6, 6.07) is 6.11. The van der Waals surface area contributed by atoms with Crippen LogP contribution in [0.3, 0.4) is 0 Å². The molecule has 3 amide bonds. The van der Waals surface area contributed by atoms with Crippen LogP contribution in [0.4, 0.5) is 5.13 Å². The number of anilines is 1. The molecule has 4 aliphatic rings. The van der Waals surface area contributed by atoms with Gasteiger partial charge in [-0.25, -0.2) is 18.4 Å². The number of allylic oxidation sites excluding steroid dienone is 1. The minimum absolute atomic E-state index is 0.144. The van der Waals surface area contributed by atoms with Crippen molar-refractivity contribution in [1.29, 1.82) is 0 Å². The number of ether oxygens (including phenoxy) is 1. The van der Waals surface area contributed by atoms with E-state index >= 15 is 0 Å². The lowest BCUT2D eigenvalue weighted by Gasteiger charge is -2.30. The highest BCUT2D eigenvalue weighted by atomic mass is 32.2. The quantitative estimate of drug-likeness (QED) is 0.273. The number of thiazole rings is 2. The zero-order valence-electron chi connectivity index (χ0n) is 29.4. The van der Waals surface area contributed by atoms with Gasteiger partial charge in [0.15, 0.2) is 5.13 Å². The fourth-order valence-electron chi connectivity index (χ4n) is 6.82.